The third-order valence-corrected chi connectivity index (χ3v) is 0.853. The zero-order valence-corrected chi connectivity index (χ0v) is 6.26. The molecule has 0 aliphatic heterocycles. The number of thiol groups is 1. The molecule has 0 amide bonds. The van der Waals surface area contributed by atoms with Crippen LogP contribution in [0.3, 0.4) is 0 Å². The van der Waals surface area contributed by atoms with Gasteiger partial charge in [0.15, 0.2) is 6.33 Å². The summed E-state index contributed by atoms with van der Waals surface area (Å²) >= 11 is 3.72. The van der Waals surface area contributed by atoms with Crippen molar-refractivity contribution in [3.05, 3.63) is 18.7 Å². The van der Waals surface area contributed by atoms with Crippen LogP contribution in [0.1, 0.15) is 0 Å². The van der Waals surface area contributed by atoms with E-state index in [4.69, 9.17) is 0 Å². The number of hydrogen-bond acceptors (Lipinski definition) is 6. The van der Waals surface area contributed by atoms with Gasteiger partial charge >= 0.3 is 0 Å². The SMILES string of the molecule is Sn1cnnn1.c1cn[nH]n1. The summed E-state index contributed by atoms with van der Waals surface area (Å²) < 4.78 is 1.22. The molecule has 0 radical (unpaired) electrons. The highest BCUT2D eigenvalue weighted by atomic mass is 32.1. The second kappa shape index (κ2) is 4.39. The molecule has 0 unspecified atom stereocenters. The van der Waals surface area contributed by atoms with Crippen molar-refractivity contribution in [2.24, 2.45) is 0 Å². The van der Waals surface area contributed by atoms with Gasteiger partial charge < -0.3 is 0 Å². The Labute approximate surface area is 67.4 Å². The van der Waals surface area contributed by atoms with Crippen LogP contribution in [0.5, 0.6) is 0 Å². The van der Waals surface area contributed by atoms with Crippen molar-refractivity contribution in [3.63, 3.8) is 0 Å². The first-order valence-corrected chi connectivity index (χ1v) is 3.01. The molecule has 2 heterocycles. The average molecular weight is 171 g/mol. The molecule has 0 atom stereocenters. The Kier molecular flexibility index (Phi) is 3.06. The lowest BCUT2D eigenvalue weighted by atomic mass is 11.0. The van der Waals surface area contributed by atoms with Crippen LogP contribution in [0.15, 0.2) is 18.7 Å². The van der Waals surface area contributed by atoms with Gasteiger partial charge in [0.05, 0.1) is 12.4 Å². The number of nitrogens with one attached hydrogen (secondary N) is 1. The van der Waals surface area contributed by atoms with E-state index in [0.29, 0.717) is 0 Å². The van der Waals surface area contributed by atoms with E-state index in [2.05, 4.69) is 43.8 Å². The Morgan fingerprint density at radius 2 is 2.00 bits per heavy atom. The average Bonchev–Trinajstić information content (AvgIpc) is 2.57. The van der Waals surface area contributed by atoms with E-state index >= 15 is 0 Å². The van der Waals surface area contributed by atoms with Gasteiger partial charge in [-0.05, 0) is 23.2 Å². The second-order valence-electron chi connectivity index (χ2n) is 1.39. The fraction of sp³-hybridized carbons (Fsp3) is 0. The van der Waals surface area contributed by atoms with Crippen LogP contribution in [-0.2, 0) is 0 Å². The molecule has 1 N–H and O–H groups in total. The highest BCUT2D eigenvalue weighted by Gasteiger charge is 1.73. The number of tetrazole rings is 1. The van der Waals surface area contributed by atoms with Gasteiger partial charge in [-0.2, -0.15) is 19.5 Å². The number of nitrogens with zero attached hydrogens (tertiary/aromatic N) is 6. The molecular weight excluding hydrogens is 166 g/mol. The van der Waals surface area contributed by atoms with Crippen molar-refractivity contribution in [1.29, 1.82) is 0 Å². The maximum absolute atomic E-state index is 3.72. The molecule has 7 nitrogen and oxygen atoms in total. The Morgan fingerprint density at radius 1 is 1.27 bits per heavy atom. The molecule has 0 spiro atoms. The molecule has 2 rings (SSSR count). The third-order valence-electron chi connectivity index (χ3n) is 0.669. The van der Waals surface area contributed by atoms with Crippen LogP contribution in [0.4, 0.5) is 0 Å². The van der Waals surface area contributed by atoms with Crippen molar-refractivity contribution < 1.29 is 0 Å². The molecule has 11 heavy (non-hydrogen) atoms. The van der Waals surface area contributed by atoms with E-state index in [-0.39, 0.29) is 0 Å². The van der Waals surface area contributed by atoms with E-state index in [1.165, 1.54) is 10.4 Å². The van der Waals surface area contributed by atoms with Gasteiger partial charge in [0.2, 0.25) is 0 Å². The van der Waals surface area contributed by atoms with E-state index < -0.39 is 0 Å². The van der Waals surface area contributed by atoms with E-state index in [1.807, 2.05) is 0 Å². The van der Waals surface area contributed by atoms with Crippen LogP contribution >= 0.6 is 12.8 Å². The molecule has 0 saturated heterocycles. The maximum atomic E-state index is 3.72. The molecule has 2 aromatic heterocycles. The van der Waals surface area contributed by atoms with Crippen molar-refractivity contribution in [1.82, 2.24) is 35.0 Å². The number of aromatic nitrogens is 7. The van der Waals surface area contributed by atoms with Crippen molar-refractivity contribution in [2.45, 2.75) is 0 Å². The Balaban J connectivity index is 0.000000112. The number of H-pyrrole nitrogens is 1. The summed E-state index contributed by atoms with van der Waals surface area (Å²) in [5.74, 6) is 0. The topological polar surface area (TPSA) is 85.2 Å². The van der Waals surface area contributed by atoms with Crippen molar-refractivity contribution in [3.8, 4) is 0 Å². The quantitative estimate of drug-likeness (QED) is 0.505. The van der Waals surface area contributed by atoms with Gasteiger partial charge in [0.25, 0.3) is 0 Å². The second-order valence-corrected chi connectivity index (χ2v) is 1.80. The van der Waals surface area contributed by atoms with Crippen molar-refractivity contribution in [2.75, 3.05) is 0 Å². The highest BCUT2D eigenvalue weighted by Crippen LogP contribution is 1.72. The third kappa shape index (κ3) is 3.30. The molecule has 0 bridgehead atoms. The Hall–Kier alpha value is -1.44. The smallest absolute Gasteiger partial charge is 0.150 e. The molecule has 8 heteroatoms. The van der Waals surface area contributed by atoms with Gasteiger partial charge in [-0.15, -0.1) is 5.10 Å². The Bertz CT molecular complexity index is 232. The summed E-state index contributed by atoms with van der Waals surface area (Å²) in [6.07, 6.45) is 4.56. The van der Waals surface area contributed by atoms with Crippen LogP contribution in [0.25, 0.3) is 0 Å². The van der Waals surface area contributed by atoms with Gasteiger partial charge in [-0.25, -0.2) is 0 Å². The number of rotatable bonds is 0. The van der Waals surface area contributed by atoms with E-state index in [1.54, 1.807) is 12.4 Å². The van der Waals surface area contributed by atoms with Crippen molar-refractivity contribution >= 4 is 12.8 Å². The van der Waals surface area contributed by atoms with Gasteiger partial charge in [0, 0.05) is 0 Å². The van der Waals surface area contributed by atoms with Crippen LogP contribution < -0.4 is 0 Å². The molecule has 0 saturated carbocycles. The number of hydrogen-bond donors (Lipinski definition) is 2. The monoisotopic (exact) mass is 171 g/mol. The predicted molar refractivity (Wildman–Crippen MR) is 38.6 cm³/mol. The standard InChI is InChI=1S/C2H3N3.CH2N4S/c1-2-4-5-3-1;6-5-1-2-3-4-5/h1-2H,(H,3,4,5);1,6H. The lowest BCUT2D eigenvalue weighted by Crippen LogP contribution is -1.77. The largest absolute Gasteiger partial charge is 0.198 e. The molecule has 2 aromatic rings. The lowest BCUT2D eigenvalue weighted by Gasteiger charge is -1.69. The first kappa shape index (κ1) is 7.66. The summed E-state index contributed by atoms with van der Waals surface area (Å²) in [6.45, 7) is 0. The Morgan fingerprint density at radius 3 is 2.18 bits per heavy atom. The molecule has 0 aromatic carbocycles. The molecule has 0 aliphatic carbocycles. The van der Waals surface area contributed by atoms with E-state index in [9.17, 15) is 0 Å². The zero-order valence-electron chi connectivity index (χ0n) is 5.36. The van der Waals surface area contributed by atoms with Gasteiger partial charge in [-0.3, -0.25) is 0 Å². The minimum Gasteiger partial charge on any atom is -0.198 e. The molecular formula is C3H5N7S. The summed E-state index contributed by atoms with van der Waals surface area (Å²) in [4.78, 5) is 0. The molecule has 58 valence electrons. The summed E-state index contributed by atoms with van der Waals surface area (Å²) in [7, 11) is 0. The minimum atomic E-state index is 1.22. The first-order valence-electron chi connectivity index (χ1n) is 2.61. The van der Waals surface area contributed by atoms with Crippen LogP contribution in [0.2, 0.25) is 0 Å². The lowest BCUT2D eigenvalue weighted by molar-refractivity contribution is 0.857. The molecule has 0 fully saturated rings. The predicted octanol–water partition coefficient (Wildman–Crippen LogP) is -0.829. The fourth-order valence-electron chi connectivity index (χ4n) is 0.323. The van der Waals surface area contributed by atoms with E-state index in [0.717, 1.165) is 0 Å². The summed E-state index contributed by atoms with van der Waals surface area (Å²) in [6, 6.07) is 0. The van der Waals surface area contributed by atoms with Gasteiger partial charge in [-0.1, -0.05) is 0 Å². The highest BCUT2D eigenvalue weighted by molar-refractivity contribution is 7.78. The van der Waals surface area contributed by atoms with Gasteiger partial charge in [0.1, 0.15) is 0 Å². The van der Waals surface area contributed by atoms with Crippen LogP contribution in [0, 0.1) is 0 Å². The minimum absolute atomic E-state index is 1.22. The zero-order chi connectivity index (χ0) is 7.94. The summed E-state index contributed by atoms with van der Waals surface area (Å²) in [5.41, 5.74) is 0. The molecule has 0 aliphatic rings. The number of aromatic amines is 1. The maximum Gasteiger partial charge on any atom is 0.150 e. The van der Waals surface area contributed by atoms with Crippen LogP contribution in [-0.4, -0.2) is 35.0 Å². The summed E-state index contributed by atoms with van der Waals surface area (Å²) in [5, 5.41) is 19.2. The normalized spacial score (nSPS) is 8.45. The fourth-order valence-corrected chi connectivity index (χ4v) is 0.405. The first-order chi connectivity index (χ1) is 5.39.